The van der Waals surface area contributed by atoms with Gasteiger partial charge in [-0.25, -0.2) is 0 Å². The van der Waals surface area contributed by atoms with E-state index in [9.17, 15) is 10.2 Å². The van der Waals surface area contributed by atoms with Gasteiger partial charge in [0.05, 0.1) is 18.7 Å². The first-order valence-corrected chi connectivity index (χ1v) is 7.65. The van der Waals surface area contributed by atoms with Crippen molar-refractivity contribution in [1.82, 2.24) is 0 Å². The van der Waals surface area contributed by atoms with E-state index in [0.29, 0.717) is 22.4 Å². The lowest BCUT2D eigenvalue weighted by molar-refractivity contribution is 0.0509. The molecule has 0 bridgehead atoms. The minimum atomic E-state index is -1.30. The summed E-state index contributed by atoms with van der Waals surface area (Å²) >= 11 is 0. The third kappa shape index (κ3) is 4.80. The molecule has 0 aliphatic heterocycles. The monoisotopic (exact) mass is 329 g/mol. The molecule has 0 aromatic heterocycles. The van der Waals surface area contributed by atoms with Crippen LogP contribution < -0.4 is 4.74 Å². The van der Waals surface area contributed by atoms with Crippen molar-refractivity contribution in [3.63, 3.8) is 0 Å². The van der Waals surface area contributed by atoms with Crippen LogP contribution in [0.15, 0.2) is 48.5 Å². The van der Waals surface area contributed by atoms with Gasteiger partial charge < -0.3 is 20.1 Å². The van der Waals surface area contributed by atoms with Crippen molar-refractivity contribution in [3.8, 4) is 11.8 Å². The maximum Gasteiger partial charge on any atom is 0.118 e. The molecule has 0 saturated heterocycles. The van der Waals surface area contributed by atoms with Gasteiger partial charge in [-0.2, -0.15) is 5.26 Å². The van der Waals surface area contributed by atoms with Crippen molar-refractivity contribution in [2.75, 3.05) is 20.3 Å². The van der Waals surface area contributed by atoms with E-state index in [1.165, 1.54) is 0 Å². The van der Waals surface area contributed by atoms with E-state index < -0.39 is 5.60 Å². The molecule has 5 heteroatoms. The van der Waals surface area contributed by atoms with Gasteiger partial charge in [-0.3, -0.25) is 0 Å². The average molecular weight is 329 g/mol. The zero-order valence-corrected chi connectivity index (χ0v) is 13.9. The molecule has 128 valence electrons. The summed E-state index contributed by atoms with van der Waals surface area (Å²) in [6.07, 6.45) is 0.172. The molecule has 0 radical (unpaired) electrons. The third-order valence-corrected chi connectivity index (χ3v) is 3.53. The number of ether oxygens (including phenoxy) is 1. The average Bonchev–Trinajstić information content (AvgIpc) is 2.62. The first kappa shape index (κ1) is 19.7. The minimum Gasteiger partial charge on any atom is -0.497 e. The van der Waals surface area contributed by atoms with Gasteiger partial charge in [-0.1, -0.05) is 24.3 Å². The normalized spacial score (nSPS) is 12.3. The second-order valence-corrected chi connectivity index (χ2v) is 5.07. The molecule has 5 nitrogen and oxygen atoms in total. The Kier molecular flexibility index (Phi) is 7.93. The molecule has 0 heterocycles. The summed E-state index contributed by atoms with van der Waals surface area (Å²) in [5, 5.41) is 36.7. The second kappa shape index (κ2) is 9.68. The van der Waals surface area contributed by atoms with Gasteiger partial charge in [0.25, 0.3) is 0 Å². The number of nitriles is 1. The number of nitrogens with zero attached hydrogens (tertiary/aromatic N) is 1. The first-order chi connectivity index (χ1) is 11.5. The van der Waals surface area contributed by atoms with Crippen LogP contribution in [-0.2, 0) is 5.60 Å². The van der Waals surface area contributed by atoms with Crippen LogP contribution in [0.25, 0.3) is 0 Å². The fourth-order valence-electron chi connectivity index (χ4n) is 2.30. The summed E-state index contributed by atoms with van der Waals surface area (Å²) in [6.45, 7) is 1.78. The van der Waals surface area contributed by atoms with Crippen LogP contribution in [0.4, 0.5) is 0 Å². The lowest BCUT2D eigenvalue weighted by Gasteiger charge is -2.29. The van der Waals surface area contributed by atoms with Crippen LogP contribution in [0.5, 0.6) is 5.75 Å². The van der Waals surface area contributed by atoms with Gasteiger partial charge in [0.2, 0.25) is 0 Å². The first-order valence-electron chi connectivity index (χ1n) is 7.65. The quantitative estimate of drug-likeness (QED) is 0.782. The standard InChI is InChI=1S/C17H17NO3.C2H6O/c1-21-16-8-6-15(7-9-16)17(20,10-11-19)14-4-2-13(12-18)3-5-14;1-2-3/h2-9,19-20H,10-11H2,1H3;3H,2H2,1H3. The van der Waals surface area contributed by atoms with Gasteiger partial charge in [-0.15, -0.1) is 0 Å². The Balaban J connectivity index is 0.000000891. The highest BCUT2D eigenvalue weighted by molar-refractivity contribution is 5.41. The Labute approximate surface area is 142 Å². The van der Waals surface area contributed by atoms with Crippen LogP contribution in [0.3, 0.4) is 0 Å². The van der Waals surface area contributed by atoms with Gasteiger partial charge >= 0.3 is 0 Å². The molecule has 1 unspecified atom stereocenters. The molecule has 0 spiro atoms. The lowest BCUT2D eigenvalue weighted by atomic mass is 9.83. The van der Waals surface area contributed by atoms with E-state index in [1.807, 2.05) is 6.07 Å². The Hall–Kier alpha value is -2.39. The van der Waals surface area contributed by atoms with Crippen molar-refractivity contribution in [3.05, 3.63) is 65.2 Å². The summed E-state index contributed by atoms with van der Waals surface area (Å²) in [5.74, 6) is 0.699. The predicted octanol–water partition coefficient (Wildman–Crippen LogP) is 2.18. The van der Waals surface area contributed by atoms with Crippen molar-refractivity contribution in [2.24, 2.45) is 0 Å². The summed E-state index contributed by atoms with van der Waals surface area (Å²) < 4.78 is 5.11. The van der Waals surface area contributed by atoms with Gasteiger partial charge in [0.15, 0.2) is 0 Å². The largest absolute Gasteiger partial charge is 0.497 e. The molecular formula is C19H23NO4. The summed E-state index contributed by atoms with van der Waals surface area (Å²) in [5.41, 5.74) is 0.539. The zero-order valence-electron chi connectivity index (χ0n) is 13.9. The van der Waals surface area contributed by atoms with E-state index in [2.05, 4.69) is 0 Å². The molecule has 0 saturated carbocycles. The molecular weight excluding hydrogens is 306 g/mol. The molecule has 2 aromatic rings. The maximum absolute atomic E-state index is 11.0. The van der Waals surface area contributed by atoms with Gasteiger partial charge in [0.1, 0.15) is 11.4 Å². The maximum atomic E-state index is 11.0. The van der Waals surface area contributed by atoms with Gasteiger partial charge in [-0.05, 0) is 42.3 Å². The molecule has 0 aliphatic rings. The molecule has 24 heavy (non-hydrogen) atoms. The van der Waals surface area contributed by atoms with Crippen LogP contribution in [0.2, 0.25) is 0 Å². The van der Waals surface area contributed by atoms with E-state index >= 15 is 0 Å². The van der Waals surface area contributed by atoms with Crippen molar-refractivity contribution >= 4 is 0 Å². The predicted molar refractivity (Wildman–Crippen MR) is 91.6 cm³/mol. The van der Waals surface area contributed by atoms with Crippen molar-refractivity contribution < 1.29 is 20.1 Å². The number of rotatable bonds is 5. The third-order valence-electron chi connectivity index (χ3n) is 3.53. The number of methoxy groups -OCH3 is 1. The number of hydrogen-bond acceptors (Lipinski definition) is 5. The topological polar surface area (TPSA) is 93.7 Å². The molecule has 2 aromatic carbocycles. The number of aliphatic hydroxyl groups excluding tert-OH is 2. The molecule has 2 rings (SSSR count). The zero-order chi connectivity index (χ0) is 18.0. The van der Waals surface area contributed by atoms with Crippen molar-refractivity contribution in [1.29, 1.82) is 5.26 Å². The smallest absolute Gasteiger partial charge is 0.118 e. The van der Waals surface area contributed by atoms with Crippen LogP contribution in [0, 0.1) is 11.3 Å². The highest BCUT2D eigenvalue weighted by atomic mass is 16.5. The van der Waals surface area contributed by atoms with E-state index in [0.717, 1.165) is 0 Å². The fourth-order valence-corrected chi connectivity index (χ4v) is 2.30. The summed E-state index contributed by atoms with van der Waals surface area (Å²) in [6, 6.07) is 15.8. The number of aliphatic hydroxyl groups is 3. The molecule has 0 fully saturated rings. The number of hydrogen-bond donors (Lipinski definition) is 3. The van der Waals surface area contributed by atoms with Crippen molar-refractivity contribution in [2.45, 2.75) is 18.9 Å². The summed E-state index contributed by atoms with van der Waals surface area (Å²) in [7, 11) is 1.58. The molecule has 1 atom stereocenters. The Bertz CT molecular complexity index is 647. The fraction of sp³-hybridized carbons (Fsp3) is 0.316. The highest BCUT2D eigenvalue weighted by Gasteiger charge is 2.31. The second-order valence-electron chi connectivity index (χ2n) is 5.07. The number of benzene rings is 2. The van der Waals surface area contributed by atoms with Gasteiger partial charge in [0, 0.05) is 19.6 Å². The Morgan fingerprint density at radius 3 is 1.83 bits per heavy atom. The lowest BCUT2D eigenvalue weighted by Crippen LogP contribution is -2.28. The van der Waals surface area contributed by atoms with E-state index in [-0.39, 0.29) is 19.6 Å². The Morgan fingerprint density at radius 1 is 1.00 bits per heavy atom. The Morgan fingerprint density at radius 2 is 1.46 bits per heavy atom. The molecule has 0 aliphatic carbocycles. The highest BCUT2D eigenvalue weighted by Crippen LogP contribution is 2.33. The van der Waals surface area contributed by atoms with Crippen LogP contribution in [-0.4, -0.2) is 35.6 Å². The van der Waals surface area contributed by atoms with E-state index in [1.54, 1.807) is 62.6 Å². The van der Waals surface area contributed by atoms with Crippen LogP contribution >= 0.6 is 0 Å². The molecule has 3 N–H and O–H groups in total. The molecule has 0 amide bonds. The van der Waals surface area contributed by atoms with E-state index in [4.69, 9.17) is 15.1 Å². The summed E-state index contributed by atoms with van der Waals surface area (Å²) in [4.78, 5) is 0. The van der Waals surface area contributed by atoms with Crippen LogP contribution in [0.1, 0.15) is 30.0 Å². The minimum absolute atomic E-state index is 0.150. The SMILES string of the molecule is CCO.COc1ccc(C(O)(CCO)c2ccc(C#N)cc2)cc1.